The summed E-state index contributed by atoms with van der Waals surface area (Å²) >= 11 is 0. The second-order valence-corrected chi connectivity index (χ2v) is 7.79. The quantitative estimate of drug-likeness (QED) is 0.279. The van der Waals surface area contributed by atoms with Crippen molar-refractivity contribution < 1.29 is 13.9 Å². The van der Waals surface area contributed by atoms with Gasteiger partial charge in [0.1, 0.15) is 22.3 Å². The molecule has 0 bridgehead atoms. The number of benzene rings is 4. The highest BCUT2D eigenvalue weighted by Gasteiger charge is 2.15. The topological polar surface area (TPSA) is 87.0 Å². The Morgan fingerprint density at radius 2 is 1.25 bits per heavy atom. The lowest BCUT2D eigenvalue weighted by Gasteiger charge is -1.94. The number of nitrogens with zero attached hydrogens (tertiary/aromatic N) is 2. The van der Waals surface area contributed by atoms with Crippen LogP contribution < -0.4 is 0 Å². The number of rotatable bonds is 2. The highest BCUT2D eigenvalue weighted by molar-refractivity contribution is 6.11. The minimum atomic E-state index is 0.0425. The molecule has 0 fully saturated rings. The highest BCUT2D eigenvalue weighted by atomic mass is 16.3. The lowest BCUT2D eigenvalue weighted by molar-refractivity contribution is 0.482. The van der Waals surface area contributed by atoms with E-state index in [2.05, 4.69) is 15.2 Å². The zero-order valence-corrected chi connectivity index (χ0v) is 16.7. The summed E-state index contributed by atoms with van der Waals surface area (Å²) in [5.74, 6) is 0.343. The Morgan fingerprint density at radius 3 is 2.03 bits per heavy atom. The molecule has 0 spiro atoms. The van der Waals surface area contributed by atoms with E-state index in [1.54, 1.807) is 0 Å². The van der Waals surface area contributed by atoms with Crippen molar-refractivity contribution in [2.45, 2.75) is 0 Å². The van der Waals surface area contributed by atoms with Crippen LogP contribution in [0.15, 0.2) is 97.9 Å². The molecular formula is C26H15N3O3. The molecular weight excluding hydrogens is 402 g/mol. The number of aromatic hydroxyl groups is 1. The number of para-hydroxylation sites is 2. The van der Waals surface area contributed by atoms with E-state index >= 15 is 0 Å². The summed E-state index contributed by atoms with van der Waals surface area (Å²) in [5.41, 5.74) is 4.61. The zero-order chi connectivity index (χ0) is 21.2. The maximum absolute atomic E-state index is 10.7. The molecule has 0 amide bonds. The Kier molecular flexibility index (Phi) is 3.33. The molecule has 6 heteroatoms. The molecule has 0 saturated carbocycles. The van der Waals surface area contributed by atoms with Crippen LogP contribution in [0.2, 0.25) is 0 Å². The third kappa shape index (κ3) is 2.40. The van der Waals surface area contributed by atoms with Gasteiger partial charge in [-0.1, -0.05) is 36.4 Å². The van der Waals surface area contributed by atoms with Gasteiger partial charge in [-0.3, -0.25) is 0 Å². The molecule has 4 aromatic carbocycles. The third-order valence-corrected chi connectivity index (χ3v) is 5.88. The minimum Gasteiger partial charge on any atom is -0.504 e. The van der Waals surface area contributed by atoms with E-state index in [9.17, 15) is 5.11 Å². The number of nitrogens with one attached hydrogen (secondary N) is 1. The number of hydrogen-bond acceptors (Lipinski definition) is 5. The number of furan rings is 2. The predicted octanol–water partition coefficient (Wildman–Crippen LogP) is 8.09. The van der Waals surface area contributed by atoms with Crippen LogP contribution in [0.4, 0.5) is 11.5 Å². The molecule has 0 aliphatic carbocycles. The smallest absolute Gasteiger partial charge is 0.196 e. The molecule has 32 heavy (non-hydrogen) atoms. The zero-order valence-electron chi connectivity index (χ0n) is 16.7. The summed E-state index contributed by atoms with van der Waals surface area (Å²) < 4.78 is 11.8. The van der Waals surface area contributed by atoms with Gasteiger partial charge in [-0.15, -0.1) is 10.2 Å². The Hall–Kier alpha value is -4.58. The summed E-state index contributed by atoms with van der Waals surface area (Å²) in [4.78, 5) is 3.17. The lowest BCUT2D eigenvalue weighted by atomic mass is 10.1. The van der Waals surface area contributed by atoms with Crippen LogP contribution in [0.5, 0.6) is 5.75 Å². The van der Waals surface area contributed by atoms with Gasteiger partial charge in [-0.25, -0.2) is 0 Å². The molecule has 0 aliphatic rings. The van der Waals surface area contributed by atoms with E-state index in [0.29, 0.717) is 22.5 Å². The van der Waals surface area contributed by atoms with Crippen molar-refractivity contribution in [1.29, 1.82) is 0 Å². The maximum Gasteiger partial charge on any atom is 0.196 e. The van der Waals surface area contributed by atoms with Gasteiger partial charge >= 0.3 is 0 Å². The molecule has 3 aromatic heterocycles. The number of aromatic nitrogens is 1. The SMILES string of the molecule is Oc1c(N=Nc2ccc3oc4ccccc4c3c2)[nH]c2cc3c(cc12)oc1ccccc13. The molecule has 7 rings (SSSR count). The first-order valence-electron chi connectivity index (χ1n) is 10.2. The summed E-state index contributed by atoms with van der Waals surface area (Å²) in [7, 11) is 0. The number of aromatic amines is 1. The van der Waals surface area contributed by atoms with Crippen molar-refractivity contribution in [2.24, 2.45) is 10.2 Å². The van der Waals surface area contributed by atoms with Crippen LogP contribution in [0.1, 0.15) is 0 Å². The van der Waals surface area contributed by atoms with Crippen molar-refractivity contribution >= 4 is 66.3 Å². The fraction of sp³-hybridized carbons (Fsp3) is 0. The van der Waals surface area contributed by atoms with E-state index in [0.717, 1.165) is 43.8 Å². The van der Waals surface area contributed by atoms with Crippen LogP contribution in [0.3, 0.4) is 0 Å². The molecule has 0 radical (unpaired) electrons. The fourth-order valence-corrected chi connectivity index (χ4v) is 4.34. The molecule has 6 nitrogen and oxygen atoms in total. The van der Waals surface area contributed by atoms with Crippen molar-refractivity contribution in [1.82, 2.24) is 4.98 Å². The summed E-state index contributed by atoms with van der Waals surface area (Å²) in [6.07, 6.45) is 0. The molecule has 2 N–H and O–H groups in total. The third-order valence-electron chi connectivity index (χ3n) is 5.88. The van der Waals surface area contributed by atoms with E-state index in [4.69, 9.17) is 8.83 Å². The summed E-state index contributed by atoms with van der Waals surface area (Å²) in [6.45, 7) is 0. The van der Waals surface area contributed by atoms with Crippen molar-refractivity contribution in [3.8, 4) is 5.75 Å². The van der Waals surface area contributed by atoms with E-state index in [-0.39, 0.29) is 5.75 Å². The van der Waals surface area contributed by atoms with Crippen LogP contribution in [-0.4, -0.2) is 10.1 Å². The van der Waals surface area contributed by atoms with Gasteiger partial charge in [0.15, 0.2) is 11.6 Å². The second-order valence-electron chi connectivity index (χ2n) is 7.79. The number of fused-ring (bicyclic) bond motifs is 7. The Bertz CT molecular complexity index is 1850. The Balaban J connectivity index is 1.33. The van der Waals surface area contributed by atoms with E-state index < -0.39 is 0 Å². The van der Waals surface area contributed by atoms with Gasteiger partial charge in [-0.05, 0) is 42.5 Å². The van der Waals surface area contributed by atoms with Crippen molar-refractivity contribution in [2.75, 3.05) is 0 Å². The van der Waals surface area contributed by atoms with Crippen LogP contribution in [-0.2, 0) is 0 Å². The van der Waals surface area contributed by atoms with Gasteiger partial charge < -0.3 is 18.9 Å². The van der Waals surface area contributed by atoms with Crippen LogP contribution >= 0.6 is 0 Å². The minimum absolute atomic E-state index is 0.0425. The number of hydrogen-bond donors (Lipinski definition) is 2. The number of azo groups is 1. The average Bonchev–Trinajstić information content (AvgIpc) is 3.47. The molecule has 152 valence electrons. The molecule has 3 heterocycles. The largest absolute Gasteiger partial charge is 0.504 e. The van der Waals surface area contributed by atoms with Crippen LogP contribution in [0.25, 0.3) is 54.8 Å². The van der Waals surface area contributed by atoms with Crippen LogP contribution in [0, 0.1) is 0 Å². The Morgan fingerprint density at radius 1 is 0.594 bits per heavy atom. The normalized spacial score (nSPS) is 12.4. The standard InChI is InChI=1S/C26H15N3O3/c30-25-19-13-24-18(16-6-2-4-8-22(16)32-24)12-20(19)27-26(25)29-28-14-9-10-23-17(11-14)15-5-1-3-7-21(15)31-23/h1-13,27,30H. The Labute approximate surface area is 180 Å². The molecule has 0 atom stereocenters. The molecule has 0 saturated heterocycles. The first-order chi connectivity index (χ1) is 15.7. The number of H-pyrrole nitrogens is 1. The summed E-state index contributed by atoms with van der Waals surface area (Å²) in [5, 5.41) is 24.0. The highest BCUT2D eigenvalue weighted by Crippen LogP contribution is 2.40. The first kappa shape index (κ1) is 17.1. The first-order valence-corrected chi connectivity index (χ1v) is 10.2. The van der Waals surface area contributed by atoms with Gasteiger partial charge in [0, 0.05) is 26.9 Å². The van der Waals surface area contributed by atoms with Gasteiger partial charge in [-0.2, -0.15) is 0 Å². The molecule has 0 unspecified atom stereocenters. The monoisotopic (exact) mass is 417 g/mol. The van der Waals surface area contributed by atoms with Crippen molar-refractivity contribution in [3.05, 3.63) is 78.9 Å². The predicted molar refractivity (Wildman–Crippen MR) is 125 cm³/mol. The van der Waals surface area contributed by atoms with Crippen molar-refractivity contribution in [3.63, 3.8) is 0 Å². The molecule has 0 aliphatic heterocycles. The van der Waals surface area contributed by atoms with Gasteiger partial charge in [0.25, 0.3) is 0 Å². The second kappa shape index (κ2) is 6.21. The molecule has 7 aromatic rings. The average molecular weight is 417 g/mol. The van der Waals surface area contributed by atoms with E-state index in [1.807, 2.05) is 78.9 Å². The van der Waals surface area contributed by atoms with Gasteiger partial charge in [0.05, 0.1) is 11.2 Å². The summed E-state index contributed by atoms with van der Waals surface area (Å²) in [6, 6.07) is 25.2. The van der Waals surface area contributed by atoms with Gasteiger partial charge in [0.2, 0.25) is 0 Å². The van der Waals surface area contributed by atoms with E-state index in [1.165, 1.54) is 0 Å². The fourth-order valence-electron chi connectivity index (χ4n) is 4.34. The lowest BCUT2D eigenvalue weighted by Crippen LogP contribution is -1.69. The maximum atomic E-state index is 10.7.